The molecular weight excluding hydrogens is 554 g/mol. The first-order valence-electron chi connectivity index (χ1n) is 11.9. The van der Waals surface area contributed by atoms with Crippen LogP contribution in [0.2, 0.25) is 0 Å². The summed E-state index contributed by atoms with van der Waals surface area (Å²) in [4.78, 5) is 23.4. The van der Waals surface area contributed by atoms with Crippen molar-refractivity contribution < 1.29 is 31.1 Å². The van der Waals surface area contributed by atoms with E-state index in [9.17, 15) is 31.1 Å². The molecule has 0 bridgehead atoms. The van der Waals surface area contributed by atoms with Crippen LogP contribution in [0.25, 0.3) is 11.1 Å². The van der Waals surface area contributed by atoms with Crippen molar-refractivity contribution in [2.45, 2.75) is 31.1 Å². The smallest absolute Gasteiger partial charge is 0.337 e. The molecule has 0 aliphatic carbocycles. The first-order valence-corrected chi connectivity index (χ1v) is 12.4. The molecule has 210 valence electrons. The number of pyridine rings is 1. The van der Waals surface area contributed by atoms with Crippen LogP contribution in [0, 0.1) is 6.92 Å². The van der Waals surface area contributed by atoms with E-state index < -0.39 is 41.2 Å². The maximum Gasteiger partial charge on any atom is 0.416 e. The lowest BCUT2D eigenvalue weighted by Gasteiger charge is -2.22. The van der Waals surface area contributed by atoms with E-state index in [1.807, 2.05) is 25.1 Å². The third-order valence-corrected chi connectivity index (χ3v) is 6.88. The zero-order valence-electron chi connectivity index (χ0n) is 21.5. The topological polar surface area (TPSA) is 51.0 Å². The molecule has 0 saturated carbocycles. The van der Waals surface area contributed by atoms with Crippen LogP contribution in [-0.4, -0.2) is 32.4 Å². The van der Waals surface area contributed by atoms with Gasteiger partial charge in [-0.3, -0.25) is 9.78 Å². The summed E-state index contributed by atoms with van der Waals surface area (Å²) in [6, 6.07) is 10.3. The number of carbonyl (C=O) groups is 1. The van der Waals surface area contributed by atoms with Gasteiger partial charge in [0.05, 0.1) is 22.4 Å². The number of imidazole rings is 1. The SMILES string of the molecule is Cc1ccccc1-c1cc(C(S)c2nccn2C)ncc1C(=O)N(C)Cc1cc(C(F)(F)F)cc(C(F)(F)F)c1. The predicted octanol–water partition coefficient (Wildman–Crippen LogP) is 7.12. The van der Waals surface area contributed by atoms with Crippen LogP contribution in [-0.2, 0) is 25.9 Å². The Balaban J connectivity index is 1.74. The summed E-state index contributed by atoms with van der Waals surface area (Å²) >= 11 is 4.66. The summed E-state index contributed by atoms with van der Waals surface area (Å²) in [7, 11) is 3.11. The van der Waals surface area contributed by atoms with Gasteiger partial charge in [-0.05, 0) is 53.4 Å². The second-order valence-electron chi connectivity index (χ2n) is 9.34. The minimum Gasteiger partial charge on any atom is -0.337 e. The lowest BCUT2D eigenvalue weighted by molar-refractivity contribution is -0.143. The van der Waals surface area contributed by atoms with Gasteiger partial charge in [0.15, 0.2) is 0 Å². The van der Waals surface area contributed by atoms with Gasteiger partial charge in [-0.1, -0.05) is 24.3 Å². The van der Waals surface area contributed by atoms with Gasteiger partial charge < -0.3 is 9.47 Å². The summed E-state index contributed by atoms with van der Waals surface area (Å²) < 4.78 is 81.8. The van der Waals surface area contributed by atoms with Crippen molar-refractivity contribution in [2.24, 2.45) is 7.05 Å². The Labute approximate surface area is 231 Å². The van der Waals surface area contributed by atoms with Crippen LogP contribution in [0.3, 0.4) is 0 Å². The second kappa shape index (κ2) is 11.0. The molecule has 0 aliphatic rings. The highest BCUT2D eigenvalue weighted by Crippen LogP contribution is 2.37. The number of rotatable bonds is 6. The highest BCUT2D eigenvalue weighted by molar-refractivity contribution is 7.80. The third-order valence-electron chi connectivity index (χ3n) is 6.39. The number of amides is 1. The molecule has 1 amide bonds. The van der Waals surface area contributed by atoms with Crippen molar-refractivity contribution in [1.82, 2.24) is 19.4 Å². The number of aromatic nitrogens is 3. The Bertz CT molecular complexity index is 1510. The van der Waals surface area contributed by atoms with E-state index in [1.165, 1.54) is 13.2 Å². The molecule has 0 aliphatic heterocycles. The highest BCUT2D eigenvalue weighted by atomic mass is 32.1. The van der Waals surface area contributed by atoms with Gasteiger partial charge in [-0.25, -0.2) is 4.98 Å². The van der Waals surface area contributed by atoms with Crippen LogP contribution >= 0.6 is 12.6 Å². The molecule has 0 fully saturated rings. The molecule has 40 heavy (non-hydrogen) atoms. The summed E-state index contributed by atoms with van der Waals surface area (Å²) in [6.07, 6.45) is -5.27. The fourth-order valence-electron chi connectivity index (χ4n) is 4.32. The van der Waals surface area contributed by atoms with Gasteiger partial charge in [-0.2, -0.15) is 39.0 Å². The molecule has 2 aromatic heterocycles. The molecule has 1 atom stereocenters. The normalized spacial score (nSPS) is 12.8. The maximum absolute atomic E-state index is 13.6. The van der Waals surface area contributed by atoms with Gasteiger partial charge in [-0.15, -0.1) is 0 Å². The number of benzene rings is 2. The Morgan fingerprint density at radius 1 is 0.975 bits per heavy atom. The average Bonchev–Trinajstić information content (AvgIpc) is 3.32. The average molecular weight is 579 g/mol. The summed E-state index contributed by atoms with van der Waals surface area (Å²) in [6.45, 7) is 1.36. The van der Waals surface area contributed by atoms with Crippen LogP contribution in [0.4, 0.5) is 26.3 Å². The first kappa shape index (κ1) is 29.2. The van der Waals surface area contributed by atoms with E-state index in [0.717, 1.165) is 10.5 Å². The molecule has 4 aromatic rings. The van der Waals surface area contributed by atoms with E-state index >= 15 is 0 Å². The number of alkyl halides is 6. The molecule has 0 N–H and O–H groups in total. The van der Waals surface area contributed by atoms with Gasteiger partial charge in [0, 0.05) is 39.2 Å². The molecule has 0 radical (unpaired) electrons. The lowest BCUT2D eigenvalue weighted by atomic mass is 9.95. The van der Waals surface area contributed by atoms with Crippen LogP contribution < -0.4 is 0 Å². The van der Waals surface area contributed by atoms with E-state index in [1.54, 1.807) is 36.1 Å². The van der Waals surface area contributed by atoms with Gasteiger partial charge in [0.1, 0.15) is 11.1 Å². The fraction of sp³-hybridized carbons (Fsp3) is 0.250. The summed E-state index contributed by atoms with van der Waals surface area (Å²) in [5.41, 5.74) is -0.526. The molecule has 5 nitrogen and oxygen atoms in total. The molecular formula is C28H24F6N4OS. The minimum atomic E-state index is -4.99. The standard InChI is InChI=1S/C28H24F6N4OS/c1-16-6-4-5-7-20(16)21-13-23(24(40)25-35-8-9-37(25)2)36-14-22(21)26(39)38(3)15-17-10-18(27(29,30)31)12-19(11-17)28(32,33)34/h4-14,24,40H,15H2,1-3H3. The molecule has 4 rings (SSSR count). The maximum atomic E-state index is 13.6. The Morgan fingerprint density at radius 2 is 1.60 bits per heavy atom. The van der Waals surface area contributed by atoms with Crippen molar-refractivity contribution in [1.29, 1.82) is 0 Å². The number of nitrogens with zero attached hydrogens (tertiary/aromatic N) is 4. The predicted molar refractivity (Wildman–Crippen MR) is 141 cm³/mol. The van der Waals surface area contributed by atoms with Gasteiger partial charge in [0.25, 0.3) is 5.91 Å². The van der Waals surface area contributed by atoms with Crippen LogP contribution in [0.15, 0.2) is 67.1 Å². The van der Waals surface area contributed by atoms with Crippen molar-refractivity contribution in [3.05, 3.63) is 106 Å². The summed E-state index contributed by atoms with van der Waals surface area (Å²) in [5, 5.41) is -0.532. The Hall–Kier alpha value is -3.80. The Morgan fingerprint density at radius 3 is 2.15 bits per heavy atom. The van der Waals surface area contributed by atoms with Gasteiger partial charge in [0.2, 0.25) is 0 Å². The highest BCUT2D eigenvalue weighted by Gasteiger charge is 2.37. The zero-order valence-corrected chi connectivity index (χ0v) is 22.4. The van der Waals surface area contributed by atoms with Crippen molar-refractivity contribution in [2.75, 3.05) is 7.05 Å². The molecule has 0 spiro atoms. The molecule has 0 saturated heterocycles. The number of hydrogen-bond acceptors (Lipinski definition) is 4. The van der Waals surface area contributed by atoms with Crippen molar-refractivity contribution in [3.63, 3.8) is 0 Å². The van der Waals surface area contributed by atoms with E-state index in [-0.39, 0.29) is 17.2 Å². The number of carbonyl (C=O) groups excluding carboxylic acids is 1. The monoisotopic (exact) mass is 578 g/mol. The molecule has 2 aromatic carbocycles. The quantitative estimate of drug-likeness (QED) is 0.196. The molecule has 1 unspecified atom stereocenters. The molecule has 12 heteroatoms. The molecule has 2 heterocycles. The zero-order chi connectivity index (χ0) is 29.4. The fourth-order valence-corrected chi connectivity index (χ4v) is 4.71. The first-order chi connectivity index (χ1) is 18.7. The minimum absolute atomic E-state index is 0.0553. The van der Waals surface area contributed by atoms with E-state index in [2.05, 4.69) is 22.6 Å². The number of halogens is 6. The van der Waals surface area contributed by atoms with Crippen molar-refractivity contribution in [3.8, 4) is 11.1 Å². The van der Waals surface area contributed by atoms with Crippen LogP contribution in [0.1, 0.15) is 49.4 Å². The van der Waals surface area contributed by atoms with E-state index in [0.29, 0.717) is 34.8 Å². The number of thiol groups is 1. The Kier molecular flexibility index (Phi) is 8.02. The van der Waals surface area contributed by atoms with E-state index in [4.69, 9.17) is 0 Å². The van der Waals surface area contributed by atoms with Crippen molar-refractivity contribution >= 4 is 18.5 Å². The number of hydrogen-bond donors (Lipinski definition) is 1. The number of aryl methyl sites for hydroxylation is 2. The lowest BCUT2D eigenvalue weighted by Crippen LogP contribution is -2.27. The van der Waals surface area contributed by atoms with Gasteiger partial charge >= 0.3 is 12.4 Å². The largest absolute Gasteiger partial charge is 0.416 e. The third kappa shape index (κ3) is 6.16. The second-order valence-corrected chi connectivity index (χ2v) is 9.86. The summed E-state index contributed by atoms with van der Waals surface area (Å²) in [5.74, 6) is -0.0104. The van der Waals surface area contributed by atoms with Crippen LogP contribution in [0.5, 0.6) is 0 Å².